The van der Waals surface area contributed by atoms with Gasteiger partial charge in [-0.25, -0.2) is 4.39 Å². The molecule has 1 rings (SSSR count). The fourth-order valence-electron chi connectivity index (χ4n) is 1.53. The Morgan fingerprint density at radius 1 is 1.29 bits per heavy atom. The van der Waals surface area contributed by atoms with Gasteiger partial charge in [0.15, 0.2) is 0 Å². The second kappa shape index (κ2) is 7.56. The minimum absolute atomic E-state index is 0.284. The van der Waals surface area contributed by atoms with Crippen LogP contribution in [0.25, 0.3) is 0 Å². The van der Waals surface area contributed by atoms with Crippen LogP contribution >= 0.6 is 0 Å². The molecule has 0 heterocycles. The lowest BCUT2D eigenvalue weighted by Crippen LogP contribution is -2.20. The minimum atomic E-state index is -0.995. The van der Waals surface area contributed by atoms with Gasteiger partial charge in [0.25, 0.3) is 0 Å². The Bertz CT molecular complexity index is 353. The molecule has 0 saturated heterocycles. The highest BCUT2D eigenvalue weighted by Gasteiger charge is 2.04. The Morgan fingerprint density at radius 2 is 1.94 bits per heavy atom. The van der Waals surface area contributed by atoms with Gasteiger partial charge in [0, 0.05) is 16.7 Å². The van der Waals surface area contributed by atoms with Crippen LogP contribution in [0.4, 0.5) is 4.39 Å². The third-order valence-electron chi connectivity index (χ3n) is 2.79. The molecule has 0 aliphatic carbocycles. The van der Waals surface area contributed by atoms with E-state index in [1.807, 2.05) is 7.05 Å². The molecule has 4 heteroatoms. The van der Waals surface area contributed by atoms with Crippen molar-refractivity contribution in [3.05, 3.63) is 30.1 Å². The SMILES string of the molecule is CNC(C)CCCCS(=O)c1ccc(F)cc1. The smallest absolute Gasteiger partial charge is 0.123 e. The maximum absolute atomic E-state index is 12.7. The van der Waals surface area contributed by atoms with E-state index in [1.165, 1.54) is 12.1 Å². The first kappa shape index (κ1) is 14.3. The average Bonchev–Trinajstić information content (AvgIpc) is 2.34. The van der Waals surface area contributed by atoms with Gasteiger partial charge in [-0.3, -0.25) is 4.21 Å². The number of benzene rings is 1. The summed E-state index contributed by atoms with van der Waals surface area (Å²) in [4.78, 5) is 0.716. The largest absolute Gasteiger partial charge is 0.317 e. The average molecular weight is 257 g/mol. The quantitative estimate of drug-likeness (QED) is 0.761. The lowest BCUT2D eigenvalue weighted by Gasteiger charge is -2.09. The number of halogens is 1. The molecular formula is C13H20FNOS. The fourth-order valence-corrected chi connectivity index (χ4v) is 2.67. The Labute approximate surface area is 105 Å². The van der Waals surface area contributed by atoms with Crippen molar-refractivity contribution < 1.29 is 8.60 Å². The summed E-state index contributed by atoms with van der Waals surface area (Å²) in [5.74, 6) is 0.371. The monoisotopic (exact) mass is 257 g/mol. The van der Waals surface area contributed by atoms with Crippen molar-refractivity contribution in [2.45, 2.75) is 37.1 Å². The van der Waals surface area contributed by atoms with E-state index >= 15 is 0 Å². The molecule has 0 amide bonds. The van der Waals surface area contributed by atoms with Crippen molar-refractivity contribution in [3.8, 4) is 0 Å². The zero-order valence-electron chi connectivity index (χ0n) is 10.4. The summed E-state index contributed by atoms with van der Waals surface area (Å²) in [6.07, 6.45) is 3.10. The first-order chi connectivity index (χ1) is 8.13. The van der Waals surface area contributed by atoms with Crippen molar-refractivity contribution in [1.29, 1.82) is 0 Å². The van der Waals surface area contributed by atoms with E-state index in [2.05, 4.69) is 12.2 Å². The zero-order valence-corrected chi connectivity index (χ0v) is 11.2. The molecule has 1 aromatic carbocycles. The van der Waals surface area contributed by atoms with E-state index in [-0.39, 0.29) is 5.82 Å². The Hall–Kier alpha value is -0.740. The van der Waals surface area contributed by atoms with Crippen molar-refractivity contribution in [2.75, 3.05) is 12.8 Å². The molecule has 17 heavy (non-hydrogen) atoms. The summed E-state index contributed by atoms with van der Waals surface area (Å²) < 4.78 is 24.5. The number of hydrogen-bond donors (Lipinski definition) is 1. The Balaban J connectivity index is 2.28. The fraction of sp³-hybridized carbons (Fsp3) is 0.538. The zero-order chi connectivity index (χ0) is 12.7. The van der Waals surface area contributed by atoms with Crippen molar-refractivity contribution >= 4 is 10.8 Å². The summed E-state index contributed by atoms with van der Waals surface area (Å²) >= 11 is 0. The van der Waals surface area contributed by atoms with Gasteiger partial charge in [-0.1, -0.05) is 6.42 Å². The number of nitrogens with one attached hydrogen (secondary N) is 1. The maximum Gasteiger partial charge on any atom is 0.123 e. The van der Waals surface area contributed by atoms with Crippen LogP contribution in [0.2, 0.25) is 0 Å². The molecule has 0 aromatic heterocycles. The predicted molar refractivity (Wildman–Crippen MR) is 70.0 cm³/mol. The van der Waals surface area contributed by atoms with Gasteiger partial charge >= 0.3 is 0 Å². The van der Waals surface area contributed by atoms with Crippen molar-refractivity contribution in [3.63, 3.8) is 0 Å². The molecule has 0 aliphatic rings. The Morgan fingerprint density at radius 3 is 2.53 bits per heavy atom. The third-order valence-corrected chi connectivity index (χ3v) is 4.24. The molecule has 0 aliphatic heterocycles. The van der Waals surface area contributed by atoms with Crippen LogP contribution < -0.4 is 5.32 Å². The molecule has 0 radical (unpaired) electrons. The molecule has 2 atom stereocenters. The van der Waals surface area contributed by atoms with Crippen molar-refractivity contribution in [1.82, 2.24) is 5.32 Å². The van der Waals surface area contributed by atoms with Gasteiger partial charge in [0.2, 0.25) is 0 Å². The third kappa shape index (κ3) is 5.41. The van der Waals surface area contributed by atoms with Crippen molar-refractivity contribution in [2.24, 2.45) is 0 Å². The van der Waals surface area contributed by atoms with Gasteiger partial charge in [0.1, 0.15) is 5.82 Å². The van der Waals surface area contributed by atoms with Gasteiger partial charge in [-0.15, -0.1) is 0 Å². The van der Waals surface area contributed by atoms with Crippen LogP contribution in [0, 0.1) is 5.82 Å². The summed E-state index contributed by atoms with van der Waals surface area (Å²) in [6, 6.07) is 6.42. The van der Waals surface area contributed by atoms with E-state index in [0.717, 1.165) is 19.3 Å². The first-order valence-corrected chi connectivity index (χ1v) is 7.26. The molecule has 2 nitrogen and oxygen atoms in total. The van der Waals surface area contributed by atoms with Crippen LogP contribution in [0.15, 0.2) is 29.2 Å². The van der Waals surface area contributed by atoms with E-state index < -0.39 is 10.8 Å². The first-order valence-electron chi connectivity index (χ1n) is 5.94. The normalized spacial score (nSPS) is 14.5. The van der Waals surface area contributed by atoms with Gasteiger partial charge in [-0.05, 0) is 51.1 Å². The van der Waals surface area contributed by atoms with Gasteiger partial charge < -0.3 is 5.32 Å². The van der Waals surface area contributed by atoms with Crippen LogP contribution in [-0.4, -0.2) is 23.1 Å². The van der Waals surface area contributed by atoms with Crippen LogP contribution in [0.1, 0.15) is 26.2 Å². The maximum atomic E-state index is 12.7. The summed E-state index contributed by atoms with van der Waals surface area (Å²) in [5, 5.41) is 3.17. The summed E-state index contributed by atoms with van der Waals surface area (Å²) in [7, 11) is 0.950. The molecule has 2 unspecified atom stereocenters. The molecule has 1 aromatic rings. The molecule has 96 valence electrons. The van der Waals surface area contributed by atoms with Crippen LogP contribution in [0.3, 0.4) is 0 Å². The number of hydrogen-bond acceptors (Lipinski definition) is 2. The summed E-state index contributed by atoms with van der Waals surface area (Å²) in [6.45, 7) is 2.14. The molecule has 0 fully saturated rings. The highest BCUT2D eigenvalue weighted by Crippen LogP contribution is 2.10. The van der Waals surface area contributed by atoms with E-state index in [4.69, 9.17) is 0 Å². The lowest BCUT2D eigenvalue weighted by atomic mass is 10.1. The molecule has 0 bridgehead atoms. The Kier molecular flexibility index (Phi) is 6.37. The molecule has 0 spiro atoms. The second-order valence-electron chi connectivity index (χ2n) is 4.19. The number of unbranched alkanes of at least 4 members (excludes halogenated alkanes) is 1. The standard InChI is InChI=1S/C13H20FNOS/c1-11(15-2)5-3-4-10-17(16)13-8-6-12(14)7-9-13/h6-9,11,15H,3-5,10H2,1-2H3. The molecule has 0 saturated carbocycles. The molecular weight excluding hydrogens is 237 g/mol. The minimum Gasteiger partial charge on any atom is -0.317 e. The van der Waals surface area contributed by atoms with Crippen LogP contribution in [-0.2, 0) is 10.8 Å². The van der Waals surface area contributed by atoms with Crippen LogP contribution in [0.5, 0.6) is 0 Å². The van der Waals surface area contributed by atoms with E-state index in [0.29, 0.717) is 16.7 Å². The highest BCUT2D eigenvalue weighted by molar-refractivity contribution is 7.85. The lowest BCUT2D eigenvalue weighted by molar-refractivity contribution is 0.537. The second-order valence-corrected chi connectivity index (χ2v) is 5.76. The summed E-state index contributed by atoms with van der Waals surface area (Å²) in [5.41, 5.74) is 0. The van der Waals surface area contributed by atoms with E-state index in [9.17, 15) is 8.60 Å². The number of rotatable bonds is 7. The van der Waals surface area contributed by atoms with Gasteiger partial charge in [0.05, 0.1) is 10.8 Å². The molecule has 1 N–H and O–H groups in total. The topological polar surface area (TPSA) is 29.1 Å². The van der Waals surface area contributed by atoms with Gasteiger partial charge in [-0.2, -0.15) is 0 Å². The predicted octanol–water partition coefficient (Wildman–Crippen LogP) is 2.71. The van der Waals surface area contributed by atoms with E-state index in [1.54, 1.807) is 12.1 Å². The highest BCUT2D eigenvalue weighted by atomic mass is 32.2.